The van der Waals surface area contributed by atoms with E-state index in [0.717, 1.165) is 5.69 Å². The minimum atomic E-state index is -0.463. The maximum atomic E-state index is 11.6. The summed E-state index contributed by atoms with van der Waals surface area (Å²) in [6, 6.07) is 7.36. The highest BCUT2D eigenvalue weighted by atomic mass is 32.2. The highest BCUT2D eigenvalue weighted by Crippen LogP contribution is 2.19. The van der Waals surface area contributed by atoms with Gasteiger partial charge in [-0.3, -0.25) is 4.79 Å². The lowest BCUT2D eigenvalue weighted by Gasteiger charge is -2.19. The molecule has 1 atom stereocenters. The molecule has 15 heavy (non-hydrogen) atoms. The Kier molecular flexibility index (Phi) is 4.17. The number of nitrogens with zero attached hydrogens (tertiary/aromatic N) is 1. The molecular weight excluding hydrogens is 208 g/mol. The summed E-state index contributed by atoms with van der Waals surface area (Å²) in [6.45, 7) is 1.69. The molecular formula is C11H16N2OS. The van der Waals surface area contributed by atoms with Crippen molar-refractivity contribution >= 4 is 23.4 Å². The summed E-state index contributed by atoms with van der Waals surface area (Å²) in [6.07, 6.45) is 2.02. The number of nitrogens with two attached hydrogens (primary N) is 1. The summed E-state index contributed by atoms with van der Waals surface area (Å²) in [4.78, 5) is 14.4. The molecule has 1 aromatic carbocycles. The highest BCUT2D eigenvalue weighted by Gasteiger charge is 2.14. The molecule has 0 saturated heterocycles. The molecule has 0 saturated carbocycles. The van der Waals surface area contributed by atoms with Crippen molar-refractivity contribution < 1.29 is 4.79 Å². The third kappa shape index (κ3) is 2.97. The lowest BCUT2D eigenvalue weighted by molar-refractivity contribution is -0.119. The predicted octanol–water partition coefficient (Wildman–Crippen LogP) is 1.72. The van der Waals surface area contributed by atoms with Crippen molar-refractivity contribution in [1.82, 2.24) is 0 Å². The zero-order chi connectivity index (χ0) is 11.4. The largest absolute Gasteiger partial charge is 0.320 e. The van der Waals surface area contributed by atoms with Gasteiger partial charge in [0.25, 0.3) is 0 Å². The second kappa shape index (κ2) is 5.19. The van der Waals surface area contributed by atoms with E-state index in [-0.39, 0.29) is 5.91 Å². The number of hydrogen-bond donors (Lipinski definition) is 1. The van der Waals surface area contributed by atoms with E-state index in [1.165, 1.54) is 4.90 Å². The van der Waals surface area contributed by atoms with Crippen molar-refractivity contribution in [3.63, 3.8) is 0 Å². The van der Waals surface area contributed by atoms with Gasteiger partial charge in [-0.2, -0.15) is 0 Å². The molecule has 1 aromatic rings. The van der Waals surface area contributed by atoms with Crippen LogP contribution in [0.5, 0.6) is 0 Å². The molecule has 0 fully saturated rings. The lowest BCUT2D eigenvalue weighted by atomic mass is 10.2. The quantitative estimate of drug-likeness (QED) is 0.795. The maximum Gasteiger partial charge on any atom is 0.243 e. The van der Waals surface area contributed by atoms with Gasteiger partial charge in [-0.05, 0) is 37.4 Å². The van der Waals surface area contributed by atoms with Gasteiger partial charge >= 0.3 is 0 Å². The normalized spacial score (nSPS) is 12.3. The van der Waals surface area contributed by atoms with Crippen LogP contribution in [0.1, 0.15) is 6.92 Å². The van der Waals surface area contributed by atoms with Gasteiger partial charge in [-0.15, -0.1) is 11.8 Å². The Morgan fingerprint density at radius 1 is 1.40 bits per heavy atom. The van der Waals surface area contributed by atoms with Gasteiger partial charge in [0.05, 0.1) is 6.04 Å². The lowest BCUT2D eigenvalue weighted by Crippen LogP contribution is -2.39. The molecule has 2 N–H and O–H groups in total. The van der Waals surface area contributed by atoms with Gasteiger partial charge in [0.2, 0.25) is 5.91 Å². The third-order valence-corrected chi connectivity index (χ3v) is 2.92. The number of thioether (sulfide) groups is 1. The summed E-state index contributed by atoms with van der Waals surface area (Å²) in [7, 11) is 1.74. The molecule has 1 rings (SSSR count). The highest BCUT2D eigenvalue weighted by molar-refractivity contribution is 7.98. The van der Waals surface area contributed by atoms with E-state index in [0.29, 0.717) is 0 Å². The van der Waals surface area contributed by atoms with Crippen LogP contribution < -0.4 is 10.6 Å². The first-order valence-corrected chi connectivity index (χ1v) is 5.96. The zero-order valence-electron chi connectivity index (χ0n) is 9.23. The topological polar surface area (TPSA) is 46.3 Å². The van der Waals surface area contributed by atoms with Gasteiger partial charge in [-0.25, -0.2) is 0 Å². The standard InChI is InChI=1S/C11H16N2OS/c1-8(12)11(14)13(2)9-4-6-10(15-3)7-5-9/h4-8H,12H2,1-3H3. The van der Waals surface area contributed by atoms with Crippen molar-refractivity contribution in [2.75, 3.05) is 18.2 Å². The van der Waals surface area contributed by atoms with Crippen molar-refractivity contribution in [3.05, 3.63) is 24.3 Å². The van der Waals surface area contributed by atoms with E-state index < -0.39 is 6.04 Å². The molecule has 0 aliphatic heterocycles. The third-order valence-electron chi connectivity index (χ3n) is 2.18. The SMILES string of the molecule is CSc1ccc(N(C)C(=O)C(C)N)cc1. The van der Waals surface area contributed by atoms with Crippen LogP contribution in [-0.2, 0) is 4.79 Å². The molecule has 4 heteroatoms. The minimum Gasteiger partial charge on any atom is -0.320 e. The number of anilines is 1. The van der Waals surface area contributed by atoms with Gasteiger partial charge in [0.1, 0.15) is 0 Å². The van der Waals surface area contributed by atoms with E-state index in [4.69, 9.17) is 5.73 Å². The molecule has 0 radical (unpaired) electrons. The summed E-state index contributed by atoms with van der Waals surface area (Å²) in [5, 5.41) is 0. The van der Waals surface area contributed by atoms with Gasteiger partial charge in [0.15, 0.2) is 0 Å². The predicted molar refractivity (Wildman–Crippen MR) is 65.3 cm³/mol. The fourth-order valence-corrected chi connectivity index (χ4v) is 1.65. The first kappa shape index (κ1) is 12.1. The van der Waals surface area contributed by atoms with Crippen LogP contribution in [0.25, 0.3) is 0 Å². The molecule has 0 aliphatic carbocycles. The first-order chi connectivity index (χ1) is 7.06. The van der Waals surface area contributed by atoms with Crippen LogP contribution in [0.15, 0.2) is 29.2 Å². The van der Waals surface area contributed by atoms with Gasteiger partial charge in [-0.1, -0.05) is 0 Å². The number of hydrogen-bond acceptors (Lipinski definition) is 3. The second-order valence-corrected chi connectivity index (χ2v) is 4.26. The van der Waals surface area contributed by atoms with E-state index >= 15 is 0 Å². The summed E-state index contributed by atoms with van der Waals surface area (Å²) in [5.41, 5.74) is 6.41. The Morgan fingerprint density at radius 2 is 1.93 bits per heavy atom. The Bertz CT molecular complexity index is 335. The van der Waals surface area contributed by atoms with Crippen LogP contribution in [0.2, 0.25) is 0 Å². The number of carbonyl (C=O) groups is 1. The fraction of sp³-hybridized carbons (Fsp3) is 0.364. The van der Waals surface area contributed by atoms with E-state index in [1.54, 1.807) is 30.6 Å². The molecule has 82 valence electrons. The summed E-state index contributed by atoms with van der Waals surface area (Å²) >= 11 is 1.68. The molecule has 1 amide bonds. The Balaban J connectivity index is 2.82. The van der Waals surface area contributed by atoms with Crippen LogP contribution >= 0.6 is 11.8 Å². The zero-order valence-corrected chi connectivity index (χ0v) is 10.0. The van der Waals surface area contributed by atoms with Crippen molar-refractivity contribution in [3.8, 4) is 0 Å². The smallest absolute Gasteiger partial charge is 0.243 e. The number of carbonyl (C=O) groups excluding carboxylic acids is 1. The Morgan fingerprint density at radius 3 is 2.33 bits per heavy atom. The van der Waals surface area contributed by atoms with Crippen molar-refractivity contribution in [1.29, 1.82) is 0 Å². The maximum absolute atomic E-state index is 11.6. The van der Waals surface area contributed by atoms with Gasteiger partial charge in [0, 0.05) is 17.6 Å². The van der Waals surface area contributed by atoms with E-state index in [2.05, 4.69) is 0 Å². The molecule has 3 nitrogen and oxygen atoms in total. The monoisotopic (exact) mass is 224 g/mol. The van der Waals surface area contributed by atoms with Crippen LogP contribution in [0.3, 0.4) is 0 Å². The molecule has 0 bridgehead atoms. The van der Waals surface area contributed by atoms with Crippen LogP contribution in [0.4, 0.5) is 5.69 Å². The van der Waals surface area contributed by atoms with Crippen LogP contribution in [-0.4, -0.2) is 25.3 Å². The van der Waals surface area contributed by atoms with E-state index in [9.17, 15) is 4.79 Å². The Labute approximate surface area is 94.6 Å². The molecule has 1 unspecified atom stereocenters. The average Bonchev–Trinajstić information content (AvgIpc) is 2.27. The minimum absolute atomic E-state index is 0.0769. The second-order valence-electron chi connectivity index (χ2n) is 3.38. The molecule has 0 heterocycles. The number of benzene rings is 1. The van der Waals surface area contributed by atoms with E-state index in [1.807, 2.05) is 30.5 Å². The first-order valence-electron chi connectivity index (χ1n) is 4.73. The number of rotatable bonds is 3. The molecule has 0 aromatic heterocycles. The van der Waals surface area contributed by atoms with Crippen LogP contribution in [0, 0.1) is 0 Å². The summed E-state index contributed by atoms with van der Waals surface area (Å²) < 4.78 is 0. The fourth-order valence-electron chi connectivity index (χ4n) is 1.24. The summed E-state index contributed by atoms with van der Waals surface area (Å²) in [5.74, 6) is -0.0769. The van der Waals surface area contributed by atoms with Crippen molar-refractivity contribution in [2.45, 2.75) is 17.9 Å². The number of amides is 1. The average molecular weight is 224 g/mol. The van der Waals surface area contributed by atoms with Gasteiger partial charge < -0.3 is 10.6 Å². The molecule has 0 aliphatic rings. The molecule has 0 spiro atoms. The number of likely N-dealkylation sites (N-methyl/N-ethyl adjacent to an activating group) is 1. The Hall–Kier alpha value is -1.00. The van der Waals surface area contributed by atoms with Crippen molar-refractivity contribution in [2.24, 2.45) is 5.73 Å².